The summed E-state index contributed by atoms with van der Waals surface area (Å²) in [5.41, 5.74) is -0.875. The zero-order valence-corrected chi connectivity index (χ0v) is 21.4. The molecule has 2 amide bonds. The van der Waals surface area contributed by atoms with Gasteiger partial charge >= 0.3 is 6.09 Å². The van der Waals surface area contributed by atoms with Crippen LogP contribution < -0.4 is 0 Å². The highest BCUT2D eigenvalue weighted by atomic mass is 79.9. The van der Waals surface area contributed by atoms with E-state index in [0.717, 1.165) is 14.2 Å². The van der Waals surface area contributed by atoms with Crippen LogP contribution in [0.25, 0.3) is 0 Å². The van der Waals surface area contributed by atoms with E-state index in [1.54, 1.807) is 56.4 Å². The highest BCUT2D eigenvalue weighted by molar-refractivity contribution is 9.10. The van der Waals surface area contributed by atoms with Gasteiger partial charge in [0.2, 0.25) is 0 Å². The molecule has 2 aliphatic heterocycles. The molecular weight excluding hydrogens is 512 g/mol. The summed E-state index contributed by atoms with van der Waals surface area (Å²) in [4.78, 5) is 34.0. The Hall–Kier alpha value is -1.68. The van der Waals surface area contributed by atoms with E-state index >= 15 is 0 Å². The first-order valence-electron chi connectivity index (χ1n) is 10.4. The molecule has 0 radical (unpaired) electrons. The fourth-order valence-corrected chi connectivity index (χ4v) is 6.72. The molecule has 1 fully saturated rings. The molecule has 2 aromatic rings. The lowest BCUT2D eigenvalue weighted by atomic mass is 9.80. The molecule has 1 aromatic heterocycles. The average molecular weight is 538 g/mol. The number of hydrogen-bond donors (Lipinski definition) is 0. The summed E-state index contributed by atoms with van der Waals surface area (Å²) in [5.74, 6) is 0.400. The molecule has 1 aromatic carbocycles. The van der Waals surface area contributed by atoms with Crippen LogP contribution in [0.3, 0.4) is 0 Å². The molecule has 0 N–H and O–H groups in total. The number of thiophene rings is 1. The molecule has 4 rings (SSSR count). The first-order chi connectivity index (χ1) is 15.2. The van der Waals surface area contributed by atoms with Gasteiger partial charge in [0.25, 0.3) is 5.91 Å². The van der Waals surface area contributed by atoms with Crippen molar-refractivity contribution in [1.82, 2.24) is 4.90 Å². The zero-order chi connectivity index (χ0) is 22.9. The number of amides is 2. The van der Waals surface area contributed by atoms with E-state index in [4.69, 9.17) is 14.5 Å². The number of nitrogens with zero attached hydrogens (tertiary/aromatic N) is 2. The number of benzene rings is 1. The molecule has 9 heteroatoms. The summed E-state index contributed by atoms with van der Waals surface area (Å²) < 4.78 is 12.4. The van der Waals surface area contributed by atoms with Crippen LogP contribution in [0.1, 0.15) is 42.4 Å². The summed E-state index contributed by atoms with van der Waals surface area (Å²) >= 11 is 6.59. The Balaban J connectivity index is 1.80. The minimum absolute atomic E-state index is 0.155. The number of fused-ring (bicyclic) bond motifs is 1. The lowest BCUT2D eigenvalue weighted by molar-refractivity contribution is 0.0104. The highest BCUT2D eigenvalue weighted by Gasteiger charge is 2.48. The van der Waals surface area contributed by atoms with Crippen LogP contribution in [0, 0.1) is 5.92 Å². The second kappa shape index (κ2) is 9.29. The number of hydrogen-bond acceptors (Lipinski definition) is 7. The molecule has 170 valence electrons. The van der Waals surface area contributed by atoms with Crippen LogP contribution in [0.4, 0.5) is 4.79 Å². The topological polar surface area (TPSA) is 68.2 Å². The van der Waals surface area contributed by atoms with E-state index in [1.165, 1.54) is 11.8 Å². The maximum absolute atomic E-state index is 13.5. The smallest absolute Gasteiger partial charge is 0.423 e. The molecule has 0 bridgehead atoms. The third kappa shape index (κ3) is 4.81. The van der Waals surface area contributed by atoms with Gasteiger partial charge in [-0.05, 0) is 54.9 Å². The van der Waals surface area contributed by atoms with Gasteiger partial charge in [0.05, 0.1) is 6.61 Å². The van der Waals surface area contributed by atoms with Crippen molar-refractivity contribution in [2.24, 2.45) is 10.9 Å². The van der Waals surface area contributed by atoms with Gasteiger partial charge in [0.15, 0.2) is 5.17 Å². The predicted molar refractivity (Wildman–Crippen MR) is 131 cm³/mol. The lowest BCUT2D eigenvalue weighted by Gasteiger charge is -2.44. The van der Waals surface area contributed by atoms with Gasteiger partial charge in [-0.2, -0.15) is 4.90 Å². The monoisotopic (exact) mass is 536 g/mol. The SMILES string of the molecule is CC(C)(C)OC(=O)N(C(=O)c1ccccc1)C1=N[C@@]2(c3cc(Br)cs3)CCOCC2CS1. The Labute approximate surface area is 204 Å². The number of thioether (sulfide) groups is 1. The zero-order valence-electron chi connectivity index (χ0n) is 18.2. The summed E-state index contributed by atoms with van der Waals surface area (Å²) in [6.45, 7) is 6.52. The molecular formula is C23H25BrN2O4S2. The number of carbonyl (C=O) groups excluding carboxylic acids is 2. The van der Waals surface area contributed by atoms with Crippen LogP contribution in [-0.4, -0.2) is 46.6 Å². The molecule has 1 saturated heterocycles. The second-order valence-corrected chi connectivity index (χ2v) is 11.6. The normalized spacial score (nSPS) is 23.1. The Morgan fingerprint density at radius 3 is 2.69 bits per heavy atom. The molecule has 0 aliphatic carbocycles. The van der Waals surface area contributed by atoms with Crippen molar-refractivity contribution < 1.29 is 19.1 Å². The van der Waals surface area contributed by atoms with Crippen molar-refractivity contribution in [2.75, 3.05) is 19.0 Å². The minimum Gasteiger partial charge on any atom is -0.443 e. The van der Waals surface area contributed by atoms with Gasteiger partial charge in [-0.3, -0.25) is 4.79 Å². The lowest BCUT2D eigenvalue weighted by Crippen LogP contribution is -2.50. The van der Waals surface area contributed by atoms with E-state index in [2.05, 4.69) is 22.0 Å². The van der Waals surface area contributed by atoms with Crippen LogP contribution in [-0.2, 0) is 15.0 Å². The number of halogens is 1. The minimum atomic E-state index is -0.746. The van der Waals surface area contributed by atoms with E-state index < -0.39 is 23.1 Å². The maximum Gasteiger partial charge on any atom is 0.423 e. The van der Waals surface area contributed by atoms with Gasteiger partial charge in [0, 0.05) is 45.0 Å². The summed E-state index contributed by atoms with van der Waals surface area (Å²) in [5, 5.41) is 2.41. The van der Waals surface area contributed by atoms with Crippen molar-refractivity contribution in [2.45, 2.75) is 38.3 Å². The third-order valence-corrected chi connectivity index (χ3v) is 8.28. The van der Waals surface area contributed by atoms with Crippen molar-refractivity contribution in [3.63, 3.8) is 0 Å². The van der Waals surface area contributed by atoms with Gasteiger partial charge in [-0.1, -0.05) is 30.0 Å². The number of rotatable bonds is 2. The maximum atomic E-state index is 13.5. The standard InChI is InChI=1S/C23H25BrN2O4S2/c1-22(2,3)30-21(28)26(19(27)15-7-5-4-6-8-15)20-25-23(18-11-17(24)14-31-18)9-10-29-12-16(23)13-32-20/h4-8,11,14,16H,9-10,12-13H2,1-3H3/t16?,23-/m0/s1. The Kier molecular flexibility index (Phi) is 6.81. The van der Waals surface area contributed by atoms with Crippen molar-refractivity contribution in [3.8, 4) is 0 Å². The highest BCUT2D eigenvalue weighted by Crippen LogP contribution is 2.48. The number of amidine groups is 1. The quantitative estimate of drug-likeness (QED) is 0.476. The molecule has 2 atom stereocenters. The van der Waals surface area contributed by atoms with E-state index in [-0.39, 0.29) is 5.92 Å². The van der Waals surface area contributed by atoms with E-state index in [9.17, 15) is 9.59 Å². The van der Waals surface area contributed by atoms with Gasteiger partial charge in [0.1, 0.15) is 11.1 Å². The summed E-state index contributed by atoms with van der Waals surface area (Å²) in [6.07, 6.45) is -0.0262. The van der Waals surface area contributed by atoms with Crippen LogP contribution in [0.15, 0.2) is 51.2 Å². The predicted octanol–water partition coefficient (Wildman–Crippen LogP) is 5.92. The van der Waals surface area contributed by atoms with Crippen LogP contribution in [0.2, 0.25) is 0 Å². The number of ether oxygens (including phenoxy) is 2. The second-order valence-electron chi connectivity index (χ2n) is 8.77. The Morgan fingerprint density at radius 1 is 1.28 bits per heavy atom. The molecule has 0 spiro atoms. The van der Waals surface area contributed by atoms with E-state index in [1.807, 2.05) is 11.4 Å². The number of carbonyl (C=O) groups is 2. The number of aliphatic imine (C=N–C) groups is 1. The van der Waals surface area contributed by atoms with Crippen molar-refractivity contribution in [1.29, 1.82) is 0 Å². The molecule has 1 unspecified atom stereocenters. The molecule has 32 heavy (non-hydrogen) atoms. The molecule has 0 saturated carbocycles. The molecule has 2 aliphatic rings. The fraction of sp³-hybridized carbons (Fsp3) is 0.435. The average Bonchev–Trinajstić information content (AvgIpc) is 3.20. The van der Waals surface area contributed by atoms with Crippen LogP contribution in [0.5, 0.6) is 0 Å². The van der Waals surface area contributed by atoms with Crippen molar-refractivity contribution in [3.05, 3.63) is 56.7 Å². The fourth-order valence-electron chi connectivity index (χ4n) is 3.81. The molecule has 3 heterocycles. The molecule has 6 nitrogen and oxygen atoms in total. The Bertz CT molecular complexity index is 1030. The summed E-state index contributed by atoms with van der Waals surface area (Å²) in [7, 11) is 0. The van der Waals surface area contributed by atoms with Gasteiger partial charge in [-0.15, -0.1) is 11.3 Å². The summed E-state index contributed by atoms with van der Waals surface area (Å²) in [6, 6.07) is 10.8. The third-order valence-electron chi connectivity index (χ3n) is 5.32. The van der Waals surface area contributed by atoms with Crippen molar-refractivity contribution >= 4 is 56.2 Å². The first kappa shape index (κ1) is 23.5. The van der Waals surface area contributed by atoms with Crippen LogP contribution >= 0.6 is 39.0 Å². The first-order valence-corrected chi connectivity index (χ1v) is 13.0. The Morgan fingerprint density at radius 2 is 2.03 bits per heavy atom. The van der Waals surface area contributed by atoms with E-state index in [0.29, 0.717) is 36.1 Å². The van der Waals surface area contributed by atoms with Gasteiger partial charge in [-0.25, -0.2) is 9.79 Å². The largest absolute Gasteiger partial charge is 0.443 e. The van der Waals surface area contributed by atoms with Gasteiger partial charge < -0.3 is 9.47 Å². The number of imide groups is 1.